The molecule has 0 bridgehead atoms. The molecule has 18 heavy (non-hydrogen) atoms. The van der Waals surface area contributed by atoms with Gasteiger partial charge in [-0.05, 0) is 32.4 Å². The van der Waals surface area contributed by atoms with Crippen LogP contribution in [-0.2, 0) is 6.54 Å². The first-order chi connectivity index (χ1) is 8.74. The average molecular weight is 281 g/mol. The first-order valence-corrected chi connectivity index (χ1v) is 8.37. The second-order valence-corrected chi connectivity index (χ2v) is 7.53. The standard InChI is InChI=1S/C13H19N3S2/c1-9-8-16-12(10(2)15-13(16)18-9)7-14-6-11-4-3-5-17-11/h8,11,14H,3-7H2,1-2H3. The van der Waals surface area contributed by atoms with Crippen molar-refractivity contribution in [1.82, 2.24) is 14.7 Å². The molecule has 1 fully saturated rings. The van der Waals surface area contributed by atoms with Crippen LogP contribution in [0, 0.1) is 13.8 Å². The van der Waals surface area contributed by atoms with Crippen molar-refractivity contribution in [1.29, 1.82) is 0 Å². The second-order valence-electron chi connectivity index (χ2n) is 4.90. The van der Waals surface area contributed by atoms with Crippen molar-refractivity contribution in [2.24, 2.45) is 0 Å². The van der Waals surface area contributed by atoms with E-state index in [-0.39, 0.29) is 0 Å². The van der Waals surface area contributed by atoms with Gasteiger partial charge in [0.15, 0.2) is 4.96 Å². The normalized spacial score (nSPS) is 20.0. The number of rotatable bonds is 4. The lowest BCUT2D eigenvalue weighted by Gasteiger charge is -2.10. The van der Waals surface area contributed by atoms with Gasteiger partial charge in [0.05, 0.1) is 11.4 Å². The van der Waals surface area contributed by atoms with Crippen LogP contribution in [0.1, 0.15) is 29.1 Å². The lowest BCUT2D eigenvalue weighted by atomic mass is 10.2. The van der Waals surface area contributed by atoms with E-state index >= 15 is 0 Å². The molecule has 98 valence electrons. The van der Waals surface area contributed by atoms with Crippen LogP contribution >= 0.6 is 23.1 Å². The van der Waals surface area contributed by atoms with E-state index in [1.807, 2.05) is 0 Å². The van der Waals surface area contributed by atoms with Crippen molar-refractivity contribution in [3.63, 3.8) is 0 Å². The van der Waals surface area contributed by atoms with Gasteiger partial charge in [-0.15, -0.1) is 11.3 Å². The summed E-state index contributed by atoms with van der Waals surface area (Å²) in [6.07, 6.45) is 4.95. The minimum absolute atomic E-state index is 0.818. The van der Waals surface area contributed by atoms with Gasteiger partial charge in [0.1, 0.15) is 0 Å². The van der Waals surface area contributed by atoms with Crippen molar-refractivity contribution < 1.29 is 0 Å². The van der Waals surface area contributed by atoms with E-state index in [1.54, 1.807) is 11.3 Å². The Labute approximate surface area is 116 Å². The number of fused-ring (bicyclic) bond motifs is 1. The van der Waals surface area contributed by atoms with Gasteiger partial charge in [0, 0.05) is 29.4 Å². The SMILES string of the molecule is Cc1cn2c(CNCC3CCCS3)c(C)nc2s1. The molecular weight excluding hydrogens is 262 g/mol. The molecule has 0 amide bonds. The maximum absolute atomic E-state index is 4.62. The third-order valence-electron chi connectivity index (χ3n) is 3.43. The molecule has 1 N–H and O–H groups in total. The van der Waals surface area contributed by atoms with Crippen LogP contribution in [-0.4, -0.2) is 26.9 Å². The van der Waals surface area contributed by atoms with Gasteiger partial charge in [0.25, 0.3) is 0 Å². The molecule has 1 aliphatic heterocycles. The van der Waals surface area contributed by atoms with Crippen LogP contribution in [0.25, 0.3) is 4.96 Å². The smallest absolute Gasteiger partial charge is 0.194 e. The number of aryl methyl sites for hydroxylation is 2. The molecule has 0 aliphatic carbocycles. The number of thiazole rings is 1. The molecule has 1 saturated heterocycles. The van der Waals surface area contributed by atoms with E-state index in [0.717, 1.165) is 29.0 Å². The van der Waals surface area contributed by atoms with E-state index in [0.29, 0.717) is 0 Å². The summed E-state index contributed by atoms with van der Waals surface area (Å²) >= 11 is 3.87. The van der Waals surface area contributed by atoms with Crippen molar-refractivity contribution >= 4 is 28.1 Å². The molecule has 3 heterocycles. The zero-order chi connectivity index (χ0) is 12.5. The van der Waals surface area contributed by atoms with Gasteiger partial charge >= 0.3 is 0 Å². The fourth-order valence-electron chi connectivity index (χ4n) is 2.48. The van der Waals surface area contributed by atoms with Crippen molar-refractivity contribution in [3.05, 3.63) is 22.5 Å². The summed E-state index contributed by atoms with van der Waals surface area (Å²) in [5.41, 5.74) is 2.48. The van der Waals surface area contributed by atoms with Gasteiger partial charge in [-0.1, -0.05) is 0 Å². The minimum Gasteiger partial charge on any atom is -0.310 e. The zero-order valence-electron chi connectivity index (χ0n) is 10.9. The Morgan fingerprint density at radius 3 is 3.17 bits per heavy atom. The molecule has 2 aromatic rings. The Kier molecular flexibility index (Phi) is 3.63. The number of nitrogens with zero attached hydrogens (tertiary/aromatic N) is 2. The van der Waals surface area contributed by atoms with E-state index in [2.05, 4.69) is 46.5 Å². The van der Waals surface area contributed by atoms with Crippen molar-refractivity contribution in [2.75, 3.05) is 12.3 Å². The third kappa shape index (κ3) is 2.44. The lowest BCUT2D eigenvalue weighted by molar-refractivity contribution is 0.634. The molecule has 5 heteroatoms. The van der Waals surface area contributed by atoms with Crippen molar-refractivity contribution in [3.8, 4) is 0 Å². The van der Waals surface area contributed by atoms with E-state index in [4.69, 9.17) is 0 Å². The van der Waals surface area contributed by atoms with Crippen molar-refractivity contribution in [2.45, 2.75) is 38.5 Å². The number of nitrogens with one attached hydrogen (secondary N) is 1. The highest BCUT2D eigenvalue weighted by molar-refractivity contribution is 8.00. The molecule has 0 spiro atoms. The summed E-state index contributed by atoms with van der Waals surface area (Å²) in [6, 6.07) is 0. The number of hydrogen-bond donors (Lipinski definition) is 1. The summed E-state index contributed by atoms with van der Waals surface area (Å²) < 4.78 is 2.24. The maximum atomic E-state index is 4.62. The number of imidazole rings is 1. The second kappa shape index (κ2) is 5.23. The predicted octanol–water partition coefficient (Wildman–Crippen LogP) is 3.00. The quantitative estimate of drug-likeness (QED) is 0.934. The molecule has 0 radical (unpaired) electrons. The largest absolute Gasteiger partial charge is 0.310 e. The molecule has 2 aromatic heterocycles. The fraction of sp³-hybridized carbons (Fsp3) is 0.615. The Morgan fingerprint density at radius 2 is 2.39 bits per heavy atom. The number of hydrogen-bond acceptors (Lipinski definition) is 4. The van der Waals surface area contributed by atoms with E-state index < -0.39 is 0 Å². The van der Waals surface area contributed by atoms with Crippen LogP contribution in [0.5, 0.6) is 0 Å². The highest BCUT2D eigenvalue weighted by Crippen LogP contribution is 2.25. The predicted molar refractivity (Wildman–Crippen MR) is 79.7 cm³/mol. The third-order valence-corrected chi connectivity index (χ3v) is 5.73. The number of thioether (sulfide) groups is 1. The van der Waals surface area contributed by atoms with Crippen LogP contribution in [0.4, 0.5) is 0 Å². The van der Waals surface area contributed by atoms with Gasteiger partial charge in [-0.2, -0.15) is 11.8 Å². The minimum atomic E-state index is 0.818. The Hall–Kier alpha value is -0.520. The molecule has 0 aromatic carbocycles. The van der Waals surface area contributed by atoms with E-state index in [1.165, 1.54) is 29.2 Å². The van der Waals surface area contributed by atoms with E-state index in [9.17, 15) is 0 Å². The first kappa shape index (κ1) is 12.5. The summed E-state index contributed by atoms with van der Waals surface area (Å²) in [6.45, 7) is 6.30. The summed E-state index contributed by atoms with van der Waals surface area (Å²) in [4.78, 5) is 7.07. The van der Waals surface area contributed by atoms with Crippen LogP contribution < -0.4 is 5.32 Å². The molecule has 1 aliphatic rings. The van der Waals surface area contributed by atoms with Gasteiger partial charge < -0.3 is 5.32 Å². The van der Waals surface area contributed by atoms with Gasteiger partial charge in [0.2, 0.25) is 0 Å². The summed E-state index contributed by atoms with van der Waals surface area (Å²) in [5.74, 6) is 1.34. The Balaban J connectivity index is 1.67. The summed E-state index contributed by atoms with van der Waals surface area (Å²) in [5, 5.41) is 4.41. The highest BCUT2D eigenvalue weighted by Gasteiger charge is 2.16. The molecule has 1 atom stereocenters. The molecular formula is C13H19N3S2. The zero-order valence-corrected chi connectivity index (χ0v) is 12.5. The lowest BCUT2D eigenvalue weighted by Crippen LogP contribution is -2.23. The van der Waals surface area contributed by atoms with Crippen LogP contribution in [0.3, 0.4) is 0 Å². The number of aromatic nitrogens is 2. The first-order valence-electron chi connectivity index (χ1n) is 6.50. The van der Waals surface area contributed by atoms with Gasteiger partial charge in [-0.3, -0.25) is 4.40 Å². The molecule has 1 unspecified atom stereocenters. The summed E-state index contributed by atoms with van der Waals surface area (Å²) in [7, 11) is 0. The highest BCUT2D eigenvalue weighted by atomic mass is 32.2. The monoisotopic (exact) mass is 281 g/mol. The average Bonchev–Trinajstić information content (AvgIpc) is 2.99. The maximum Gasteiger partial charge on any atom is 0.194 e. The Morgan fingerprint density at radius 1 is 1.50 bits per heavy atom. The fourth-order valence-corrected chi connectivity index (χ4v) is 4.60. The van der Waals surface area contributed by atoms with Crippen LogP contribution in [0.15, 0.2) is 6.20 Å². The molecule has 3 nitrogen and oxygen atoms in total. The molecule has 0 saturated carbocycles. The topological polar surface area (TPSA) is 29.3 Å². The Bertz CT molecular complexity index is 538. The van der Waals surface area contributed by atoms with Gasteiger partial charge in [-0.25, -0.2) is 4.98 Å². The molecule has 3 rings (SSSR count). The van der Waals surface area contributed by atoms with Crippen LogP contribution in [0.2, 0.25) is 0 Å².